The lowest BCUT2D eigenvalue weighted by Crippen LogP contribution is -2.29. The average molecular weight is 186 g/mol. The molecule has 0 aromatic rings. The summed E-state index contributed by atoms with van der Waals surface area (Å²) in [5.41, 5.74) is 0. The van der Waals surface area contributed by atoms with Gasteiger partial charge < -0.3 is 5.11 Å². The minimum absolute atomic E-state index is 0.235. The zero-order valence-corrected chi connectivity index (χ0v) is 7.48. The number of hydrogen-bond acceptors (Lipinski definition) is 3. The van der Waals surface area contributed by atoms with Crippen molar-refractivity contribution in [2.75, 3.05) is 13.1 Å². The van der Waals surface area contributed by atoms with Crippen LogP contribution in [-0.4, -0.2) is 29.2 Å². The Morgan fingerprint density at radius 1 is 1.46 bits per heavy atom. The third-order valence-corrected chi connectivity index (χ3v) is 2.47. The van der Waals surface area contributed by atoms with Crippen LogP contribution in [0.2, 0.25) is 0 Å². The second-order valence-corrected chi connectivity index (χ2v) is 3.41. The van der Waals surface area contributed by atoms with E-state index in [1.54, 1.807) is 0 Å². The molecule has 1 heterocycles. The monoisotopic (exact) mass is 186 g/mol. The van der Waals surface area contributed by atoms with Crippen LogP contribution in [0.15, 0.2) is 5.29 Å². The number of hydrogen-bond donors (Lipinski definition) is 1. The molecule has 1 fully saturated rings. The highest BCUT2D eigenvalue weighted by Crippen LogP contribution is 2.21. The zero-order valence-electron chi connectivity index (χ0n) is 7.48. The van der Waals surface area contributed by atoms with Crippen LogP contribution in [0.1, 0.15) is 25.7 Å². The molecule has 0 radical (unpaired) electrons. The predicted molar refractivity (Wildman–Crippen MR) is 47.0 cm³/mol. The highest BCUT2D eigenvalue weighted by Gasteiger charge is 2.19. The molecule has 5 heteroatoms. The molecule has 0 spiro atoms. The topological polar surface area (TPSA) is 70.0 Å². The van der Waals surface area contributed by atoms with Crippen molar-refractivity contribution in [3.05, 3.63) is 4.91 Å². The lowest BCUT2D eigenvalue weighted by molar-refractivity contribution is -0.137. The van der Waals surface area contributed by atoms with Crippen LogP contribution in [0.5, 0.6) is 0 Å². The number of rotatable bonds is 4. The van der Waals surface area contributed by atoms with Gasteiger partial charge >= 0.3 is 5.97 Å². The molecule has 13 heavy (non-hydrogen) atoms. The fraction of sp³-hybridized carbons (Fsp3) is 0.875. The Morgan fingerprint density at radius 3 is 2.54 bits per heavy atom. The standard InChI is InChI=1S/C8H14N2O3/c11-8(12)2-1-7-3-5-10(9-13)6-4-7/h7H,1-6H2,(H,11,12). The highest BCUT2D eigenvalue weighted by molar-refractivity contribution is 5.66. The fourth-order valence-electron chi connectivity index (χ4n) is 1.62. The summed E-state index contributed by atoms with van der Waals surface area (Å²) in [5.74, 6) is -0.287. The van der Waals surface area contributed by atoms with Gasteiger partial charge in [-0.25, -0.2) is 0 Å². The van der Waals surface area contributed by atoms with Crippen LogP contribution in [0.3, 0.4) is 0 Å². The number of aliphatic carboxylic acids is 1. The summed E-state index contributed by atoms with van der Waals surface area (Å²) in [6.07, 6.45) is 2.74. The first-order valence-electron chi connectivity index (χ1n) is 4.52. The molecule has 1 saturated heterocycles. The number of carbonyl (C=O) groups is 1. The van der Waals surface area contributed by atoms with Crippen LogP contribution < -0.4 is 0 Å². The molecule has 5 nitrogen and oxygen atoms in total. The van der Waals surface area contributed by atoms with E-state index < -0.39 is 5.97 Å². The third kappa shape index (κ3) is 3.40. The van der Waals surface area contributed by atoms with E-state index in [0.29, 0.717) is 19.0 Å². The summed E-state index contributed by atoms with van der Waals surface area (Å²) >= 11 is 0. The Hall–Kier alpha value is -1.13. The first kappa shape index (κ1) is 9.95. The molecule has 1 aliphatic rings. The number of piperidine rings is 1. The molecule has 1 aliphatic heterocycles. The van der Waals surface area contributed by atoms with Gasteiger partial charge in [-0.3, -0.25) is 9.80 Å². The predicted octanol–water partition coefficient (Wildman–Crippen LogP) is 1.24. The van der Waals surface area contributed by atoms with Gasteiger partial charge in [-0.1, -0.05) is 0 Å². The molecule has 0 aromatic carbocycles. The Morgan fingerprint density at radius 2 is 2.08 bits per heavy atom. The number of carboxylic acid groups (broad SMARTS) is 1. The molecule has 0 bridgehead atoms. The lowest BCUT2D eigenvalue weighted by Gasteiger charge is -2.27. The van der Waals surface area contributed by atoms with Crippen molar-refractivity contribution < 1.29 is 9.90 Å². The number of carboxylic acids is 1. The van der Waals surface area contributed by atoms with Crippen LogP contribution in [0.4, 0.5) is 0 Å². The molecular weight excluding hydrogens is 172 g/mol. The van der Waals surface area contributed by atoms with Crippen molar-refractivity contribution in [2.45, 2.75) is 25.7 Å². The maximum atomic E-state index is 10.3. The van der Waals surface area contributed by atoms with E-state index in [2.05, 4.69) is 5.29 Å². The van der Waals surface area contributed by atoms with E-state index in [4.69, 9.17) is 5.11 Å². The van der Waals surface area contributed by atoms with Crippen LogP contribution in [0.25, 0.3) is 0 Å². The van der Waals surface area contributed by atoms with E-state index in [0.717, 1.165) is 19.3 Å². The Labute approximate surface area is 76.7 Å². The van der Waals surface area contributed by atoms with E-state index >= 15 is 0 Å². The van der Waals surface area contributed by atoms with Crippen molar-refractivity contribution in [1.29, 1.82) is 0 Å². The molecule has 0 amide bonds. The molecule has 0 aromatic heterocycles. The average Bonchev–Trinajstić information content (AvgIpc) is 2.15. The molecule has 0 saturated carbocycles. The summed E-state index contributed by atoms with van der Waals surface area (Å²) in [4.78, 5) is 20.4. The maximum Gasteiger partial charge on any atom is 0.303 e. The van der Waals surface area contributed by atoms with Crippen molar-refractivity contribution >= 4 is 5.97 Å². The smallest absolute Gasteiger partial charge is 0.303 e. The van der Waals surface area contributed by atoms with Gasteiger partial charge in [-0.05, 0) is 25.2 Å². The van der Waals surface area contributed by atoms with Crippen LogP contribution in [0, 0.1) is 10.8 Å². The molecule has 74 valence electrons. The minimum atomic E-state index is -0.740. The van der Waals surface area contributed by atoms with E-state index in [1.807, 2.05) is 0 Å². The van der Waals surface area contributed by atoms with Crippen LogP contribution >= 0.6 is 0 Å². The van der Waals surface area contributed by atoms with Gasteiger partial charge in [0.15, 0.2) is 0 Å². The molecular formula is C8H14N2O3. The van der Waals surface area contributed by atoms with Crippen molar-refractivity contribution in [1.82, 2.24) is 5.01 Å². The summed E-state index contributed by atoms with van der Waals surface area (Å²) in [7, 11) is 0. The zero-order chi connectivity index (χ0) is 9.68. The number of nitroso groups, excluding NO2 is 1. The summed E-state index contributed by atoms with van der Waals surface area (Å²) in [6.45, 7) is 1.35. The molecule has 0 atom stereocenters. The van der Waals surface area contributed by atoms with Gasteiger partial charge in [0.05, 0.1) is 5.29 Å². The van der Waals surface area contributed by atoms with Crippen molar-refractivity contribution in [2.24, 2.45) is 11.2 Å². The van der Waals surface area contributed by atoms with Gasteiger partial charge in [0.2, 0.25) is 0 Å². The van der Waals surface area contributed by atoms with Gasteiger partial charge in [0, 0.05) is 19.5 Å². The van der Waals surface area contributed by atoms with Gasteiger partial charge in [0.1, 0.15) is 0 Å². The molecule has 1 N–H and O–H groups in total. The van der Waals surface area contributed by atoms with Gasteiger partial charge in [0.25, 0.3) is 0 Å². The lowest BCUT2D eigenvalue weighted by atomic mass is 9.93. The molecule has 0 aliphatic carbocycles. The Kier molecular flexibility index (Phi) is 3.67. The van der Waals surface area contributed by atoms with E-state index in [1.165, 1.54) is 5.01 Å². The molecule has 1 rings (SSSR count). The SMILES string of the molecule is O=NN1CCC(CCC(=O)O)CC1. The van der Waals surface area contributed by atoms with Crippen LogP contribution in [-0.2, 0) is 4.79 Å². The Balaban J connectivity index is 2.17. The molecule has 0 unspecified atom stereocenters. The van der Waals surface area contributed by atoms with Gasteiger partial charge in [-0.15, -0.1) is 4.91 Å². The Bertz CT molecular complexity index is 188. The first-order chi connectivity index (χ1) is 6.22. The maximum absolute atomic E-state index is 10.3. The minimum Gasteiger partial charge on any atom is -0.481 e. The number of nitrogens with zero attached hydrogens (tertiary/aromatic N) is 2. The normalized spacial score (nSPS) is 18.6. The fourth-order valence-corrected chi connectivity index (χ4v) is 1.62. The second-order valence-electron chi connectivity index (χ2n) is 3.41. The van der Waals surface area contributed by atoms with E-state index in [-0.39, 0.29) is 6.42 Å². The summed E-state index contributed by atoms with van der Waals surface area (Å²) < 4.78 is 0. The van der Waals surface area contributed by atoms with Crippen molar-refractivity contribution in [3.8, 4) is 0 Å². The summed E-state index contributed by atoms with van der Waals surface area (Å²) in [5, 5.41) is 12.8. The van der Waals surface area contributed by atoms with E-state index in [9.17, 15) is 9.70 Å². The van der Waals surface area contributed by atoms with Crippen molar-refractivity contribution in [3.63, 3.8) is 0 Å². The quantitative estimate of drug-likeness (QED) is 0.670. The highest BCUT2D eigenvalue weighted by atomic mass is 16.4. The largest absolute Gasteiger partial charge is 0.481 e. The third-order valence-electron chi connectivity index (χ3n) is 2.47. The second kappa shape index (κ2) is 4.79. The summed E-state index contributed by atoms with van der Waals surface area (Å²) in [6, 6.07) is 0. The first-order valence-corrected chi connectivity index (χ1v) is 4.52. The van der Waals surface area contributed by atoms with Gasteiger partial charge in [-0.2, -0.15) is 0 Å².